The van der Waals surface area contributed by atoms with Crippen LogP contribution in [0.15, 0.2) is 30.3 Å². The fourth-order valence-electron chi connectivity index (χ4n) is 1.03. The van der Waals surface area contributed by atoms with Crippen LogP contribution in [0.4, 0.5) is 0 Å². The Bertz CT molecular complexity index is 398. The Labute approximate surface area is 87.4 Å². The molecule has 0 heterocycles. The molecular formula is C7H10NO5P2+. The average Bonchev–Trinajstić information content (AvgIpc) is 2.29. The van der Waals surface area contributed by atoms with Crippen molar-refractivity contribution >= 4 is 16.1 Å². The number of rotatable bonds is 4. The second kappa shape index (κ2) is 4.49. The molecule has 3 unspecified atom stereocenters. The van der Waals surface area contributed by atoms with Crippen LogP contribution in [0.2, 0.25) is 0 Å². The summed E-state index contributed by atoms with van der Waals surface area (Å²) in [6, 6.07) is 7.40. The molecule has 0 aliphatic carbocycles. The van der Waals surface area contributed by atoms with Crippen molar-refractivity contribution in [3.63, 3.8) is 0 Å². The van der Waals surface area contributed by atoms with Crippen LogP contribution in [-0.2, 0) is 18.8 Å². The van der Waals surface area contributed by atoms with Crippen molar-refractivity contribution in [1.82, 2.24) is 0 Å². The predicted molar refractivity (Wildman–Crippen MR) is 54.4 cm³/mol. The summed E-state index contributed by atoms with van der Waals surface area (Å²) in [5, 5.41) is 7.32. The molecule has 6 nitrogen and oxygen atoms in total. The van der Waals surface area contributed by atoms with Gasteiger partial charge in [0.05, 0.1) is 0 Å². The van der Waals surface area contributed by atoms with Gasteiger partial charge in [-0.3, -0.25) is 0 Å². The van der Waals surface area contributed by atoms with Gasteiger partial charge in [0.1, 0.15) is 0 Å². The SMILES string of the molecule is NOP(=O)(O)C(O)([PH+]=O)c1ccccc1. The van der Waals surface area contributed by atoms with Gasteiger partial charge in [0.15, 0.2) is 0 Å². The Kier molecular flexibility index (Phi) is 3.73. The van der Waals surface area contributed by atoms with Gasteiger partial charge in [-0.2, -0.15) is 0 Å². The third-order valence-corrected chi connectivity index (χ3v) is 4.93. The van der Waals surface area contributed by atoms with Gasteiger partial charge >= 0.3 is 21.1 Å². The van der Waals surface area contributed by atoms with E-state index in [1.54, 1.807) is 6.07 Å². The van der Waals surface area contributed by atoms with E-state index >= 15 is 0 Å². The van der Waals surface area contributed by atoms with E-state index in [-0.39, 0.29) is 5.56 Å². The highest BCUT2D eigenvalue weighted by molar-refractivity contribution is 7.63. The maximum absolute atomic E-state index is 11.4. The fourth-order valence-corrected chi connectivity index (χ4v) is 2.56. The van der Waals surface area contributed by atoms with Gasteiger partial charge in [0.2, 0.25) is 0 Å². The fraction of sp³-hybridized carbons (Fsp3) is 0.143. The van der Waals surface area contributed by atoms with Crippen LogP contribution in [0, 0.1) is 0 Å². The van der Waals surface area contributed by atoms with Crippen molar-refractivity contribution in [2.45, 2.75) is 5.08 Å². The van der Waals surface area contributed by atoms with E-state index in [0.29, 0.717) is 0 Å². The molecule has 8 heteroatoms. The van der Waals surface area contributed by atoms with Gasteiger partial charge in [0.25, 0.3) is 0 Å². The van der Waals surface area contributed by atoms with Crippen LogP contribution < -0.4 is 5.90 Å². The lowest BCUT2D eigenvalue weighted by Gasteiger charge is -2.18. The molecule has 0 saturated heterocycles. The van der Waals surface area contributed by atoms with E-state index in [2.05, 4.69) is 10.5 Å². The molecule has 0 bridgehead atoms. The van der Waals surface area contributed by atoms with Gasteiger partial charge in [-0.25, -0.2) is 15.1 Å². The zero-order valence-corrected chi connectivity index (χ0v) is 9.42. The minimum atomic E-state index is -4.58. The second-order valence-electron chi connectivity index (χ2n) is 2.77. The molecule has 0 spiro atoms. The zero-order chi connectivity index (χ0) is 11.5. The normalized spacial score (nSPS) is 19.4. The van der Waals surface area contributed by atoms with E-state index in [1.807, 2.05) is 0 Å². The first-order valence-electron chi connectivity index (χ1n) is 3.86. The Balaban J connectivity index is 3.29. The van der Waals surface area contributed by atoms with Crippen LogP contribution in [0.1, 0.15) is 5.56 Å². The molecule has 0 amide bonds. The lowest BCUT2D eigenvalue weighted by atomic mass is 10.2. The summed E-state index contributed by atoms with van der Waals surface area (Å²) in [4.78, 5) is 9.26. The molecule has 0 fully saturated rings. The van der Waals surface area contributed by atoms with Crippen molar-refractivity contribution in [3.05, 3.63) is 35.9 Å². The lowest BCUT2D eigenvalue weighted by Crippen LogP contribution is -2.21. The minimum absolute atomic E-state index is 0.00890. The van der Waals surface area contributed by atoms with Gasteiger partial charge in [-0.15, -0.1) is 0 Å². The topological polar surface area (TPSA) is 110 Å². The van der Waals surface area contributed by atoms with Crippen molar-refractivity contribution in [2.24, 2.45) is 5.90 Å². The average molecular weight is 250 g/mol. The molecule has 82 valence electrons. The molecule has 1 rings (SSSR count). The van der Waals surface area contributed by atoms with E-state index in [4.69, 9.17) is 0 Å². The van der Waals surface area contributed by atoms with E-state index in [0.717, 1.165) is 0 Å². The lowest BCUT2D eigenvalue weighted by molar-refractivity contribution is 0.145. The molecular weight excluding hydrogens is 240 g/mol. The number of aliphatic hydroxyl groups is 1. The molecule has 3 atom stereocenters. The number of benzene rings is 1. The molecule has 4 N–H and O–H groups in total. The third-order valence-electron chi connectivity index (χ3n) is 1.87. The number of hydrogen-bond donors (Lipinski definition) is 3. The molecule has 0 aliphatic rings. The molecule has 0 aromatic heterocycles. The summed E-state index contributed by atoms with van der Waals surface area (Å²) in [7, 11) is -6.06. The minimum Gasteiger partial charge on any atom is -0.335 e. The van der Waals surface area contributed by atoms with Crippen LogP contribution in [0.3, 0.4) is 0 Å². The number of hydrogen-bond acceptors (Lipinski definition) is 5. The molecule has 1 aromatic carbocycles. The molecule has 0 radical (unpaired) electrons. The maximum Gasteiger partial charge on any atom is 0.430 e. The monoisotopic (exact) mass is 250 g/mol. The first-order chi connectivity index (χ1) is 6.98. The highest BCUT2D eigenvalue weighted by Crippen LogP contribution is 2.63. The maximum atomic E-state index is 11.4. The largest absolute Gasteiger partial charge is 0.430 e. The Morgan fingerprint density at radius 2 is 1.93 bits per heavy atom. The van der Waals surface area contributed by atoms with Crippen molar-refractivity contribution in [1.29, 1.82) is 0 Å². The van der Waals surface area contributed by atoms with E-state index < -0.39 is 21.1 Å². The van der Waals surface area contributed by atoms with Crippen molar-refractivity contribution < 1.29 is 23.8 Å². The van der Waals surface area contributed by atoms with Crippen LogP contribution in [0.5, 0.6) is 0 Å². The second-order valence-corrected chi connectivity index (χ2v) is 6.01. The first kappa shape index (κ1) is 12.5. The zero-order valence-electron chi connectivity index (χ0n) is 7.53. The van der Waals surface area contributed by atoms with Gasteiger partial charge < -0.3 is 10.00 Å². The standard InChI is InChI=1S/C7H9NO5P2/c8-13-15(11,12)7(9,14-10)6-4-2-1-3-5-6/h1-5,9H,8H2,(H,11,12)/p+1. The van der Waals surface area contributed by atoms with Crippen LogP contribution in [0.25, 0.3) is 0 Å². The molecule has 15 heavy (non-hydrogen) atoms. The summed E-state index contributed by atoms with van der Waals surface area (Å²) >= 11 is 0. The third kappa shape index (κ3) is 2.16. The van der Waals surface area contributed by atoms with Crippen molar-refractivity contribution in [3.8, 4) is 0 Å². The Morgan fingerprint density at radius 3 is 2.33 bits per heavy atom. The molecule has 0 aliphatic heterocycles. The summed E-state index contributed by atoms with van der Waals surface area (Å²) in [5.41, 5.74) is 0.00890. The van der Waals surface area contributed by atoms with Crippen molar-refractivity contribution in [2.75, 3.05) is 0 Å². The van der Waals surface area contributed by atoms with Crippen LogP contribution >= 0.6 is 16.1 Å². The van der Waals surface area contributed by atoms with Gasteiger partial charge in [0, 0.05) is 5.56 Å². The Hall–Kier alpha value is -0.610. The van der Waals surface area contributed by atoms with E-state index in [9.17, 15) is 19.1 Å². The smallest absolute Gasteiger partial charge is 0.335 e. The highest BCUT2D eigenvalue weighted by atomic mass is 31.2. The quantitative estimate of drug-likeness (QED) is 0.540. The first-order valence-corrected chi connectivity index (χ1v) is 6.35. The van der Waals surface area contributed by atoms with E-state index in [1.165, 1.54) is 24.3 Å². The summed E-state index contributed by atoms with van der Waals surface area (Å²) in [6.45, 7) is 0. The highest BCUT2D eigenvalue weighted by Gasteiger charge is 2.58. The number of nitrogens with two attached hydrogens (primary N) is 1. The summed E-state index contributed by atoms with van der Waals surface area (Å²) in [5.74, 6) is 4.60. The predicted octanol–water partition coefficient (Wildman–Crippen LogP) is 0.889. The summed E-state index contributed by atoms with van der Waals surface area (Å²) in [6.07, 6.45) is 0. The van der Waals surface area contributed by atoms with Crippen LogP contribution in [-0.4, -0.2) is 10.00 Å². The molecule has 1 aromatic rings. The van der Waals surface area contributed by atoms with Gasteiger partial charge in [-0.1, -0.05) is 34.9 Å². The Morgan fingerprint density at radius 1 is 1.40 bits per heavy atom. The summed E-state index contributed by atoms with van der Waals surface area (Å²) < 4.78 is 26.1. The molecule has 0 saturated carbocycles. The van der Waals surface area contributed by atoms with Gasteiger partial charge in [-0.05, 0) is 0 Å².